The van der Waals surface area contributed by atoms with Crippen LogP contribution in [-0.4, -0.2) is 21.5 Å². The van der Waals surface area contributed by atoms with E-state index in [2.05, 4.69) is 29.4 Å². The quantitative estimate of drug-likeness (QED) is 0.688. The summed E-state index contributed by atoms with van der Waals surface area (Å²) in [6.45, 7) is 5.11. The molecular formula is C7H14N4. The lowest BCUT2D eigenvalue weighted by Crippen LogP contribution is -2.18. The van der Waals surface area contributed by atoms with Crippen molar-refractivity contribution in [2.45, 2.75) is 19.9 Å². The van der Waals surface area contributed by atoms with E-state index in [4.69, 9.17) is 0 Å². The fourth-order valence-electron chi connectivity index (χ4n) is 0.971. The molecule has 1 heterocycles. The highest BCUT2D eigenvalue weighted by atomic mass is 15.4. The molecule has 0 aliphatic rings. The number of rotatable bonds is 3. The van der Waals surface area contributed by atoms with E-state index in [1.165, 1.54) is 0 Å². The number of hydrogen-bond donors (Lipinski definition) is 1. The molecule has 1 aromatic heterocycles. The maximum atomic E-state index is 4.17. The third kappa shape index (κ3) is 2.01. The molecule has 0 bridgehead atoms. The van der Waals surface area contributed by atoms with Gasteiger partial charge in [-0.1, -0.05) is 6.92 Å². The highest BCUT2D eigenvalue weighted by molar-refractivity contribution is 4.97. The predicted octanol–water partition coefficient (Wildman–Crippen LogP) is 0.486. The van der Waals surface area contributed by atoms with Crippen molar-refractivity contribution < 1.29 is 0 Å². The van der Waals surface area contributed by atoms with Crippen LogP contribution in [0.25, 0.3) is 0 Å². The van der Waals surface area contributed by atoms with E-state index < -0.39 is 0 Å². The average Bonchev–Trinajstić information content (AvgIpc) is 2.36. The van der Waals surface area contributed by atoms with Gasteiger partial charge in [-0.25, -0.2) is 0 Å². The Morgan fingerprint density at radius 2 is 2.45 bits per heavy atom. The minimum Gasteiger partial charge on any atom is -0.309 e. The van der Waals surface area contributed by atoms with Crippen molar-refractivity contribution in [1.29, 1.82) is 0 Å². The molecule has 0 spiro atoms. The number of hydrogen-bond acceptors (Lipinski definition) is 3. The van der Waals surface area contributed by atoms with Crippen LogP contribution in [0, 0.1) is 0 Å². The van der Waals surface area contributed by atoms with Crippen LogP contribution in [0.1, 0.15) is 25.6 Å². The van der Waals surface area contributed by atoms with Crippen LogP contribution in [0.5, 0.6) is 0 Å². The molecule has 11 heavy (non-hydrogen) atoms. The van der Waals surface area contributed by atoms with Crippen molar-refractivity contribution in [3.05, 3.63) is 11.9 Å². The molecule has 0 saturated carbocycles. The summed E-state index contributed by atoms with van der Waals surface area (Å²) in [6, 6.07) is 0.300. The van der Waals surface area contributed by atoms with Gasteiger partial charge in [-0.3, -0.25) is 0 Å². The largest absolute Gasteiger partial charge is 0.309 e. The van der Waals surface area contributed by atoms with E-state index in [0.717, 1.165) is 12.2 Å². The summed E-state index contributed by atoms with van der Waals surface area (Å²) in [5.41, 5.74) is 0.995. The smallest absolute Gasteiger partial charge is 0.0993 e. The lowest BCUT2D eigenvalue weighted by Gasteiger charge is -2.06. The highest BCUT2D eigenvalue weighted by Gasteiger charge is 2.05. The molecule has 1 atom stereocenters. The third-order valence-corrected chi connectivity index (χ3v) is 1.57. The Bertz CT molecular complexity index is 218. The predicted molar refractivity (Wildman–Crippen MR) is 43.1 cm³/mol. The van der Waals surface area contributed by atoms with Gasteiger partial charge in [0.1, 0.15) is 0 Å². The zero-order valence-electron chi connectivity index (χ0n) is 7.20. The van der Waals surface area contributed by atoms with Gasteiger partial charge in [0, 0.05) is 7.05 Å². The SMILES string of the molecule is CCNC(C)c1cnn(C)n1. The van der Waals surface area contributed by atoms with Crippen molar-refractivity contribution >= 4 is 0 Å². The maximum absolute atomic E-state index is 4.17. The number of nitrogens with zero attached hydrogens (tertiary/aromatic N) is 3. The van der Waals surface area contributed by atoms with Crippen LogP contribution in [0.2, 0.25) is 0 Å². The normalized spacial score (nSPS) is 13.4. The van der Waals surface area contributed by atoms with Crippen molar-refractivity contribution in [3.63, 3.8) is 0 Å². The van der Waals surface area contributed by atoms with Gasteiger partial charge in [0.15, 0.2) is 0 Å². The second-order valence-electron chi connectivity index (χ2n) is 2.54. The van der Waals surface area contributed by atoms with Gasteiger partial charge in [0.05, 0.1) is 17.9 Å². The molecule has 62 valence electrons. The molecule has 0 radical (unpaired) electrons. The zero-order valence-corrected chi connectivity index (χ0v) is 7.20. The summed E-state index contributed by atoms with van der Waals surface area (Å²) in [4.78, 5) is 1.57. The molecule has 0 amide bonds. The summed E-state index contributed by atoms with van der Waals surface area (Å²) in [5, 5.41) is 11.4. The third-order valence-electron chi connectivity index (χ3n) is 1.57. The Hall–Kier alpha value is -0.900. The Labute approximate surface area is 66.6 Å². The van der Waals surface area contributed by atoms with E-state index >= 15 is 0 Å². The van der Waals surface area contributed by atoms with Crippen molar-refractivity contribution in [2.75, 3.05) is 6.54 Å². The van der Waals surface area contributed by atoms with Crippen LogP contribution in [0.4, 0.5) is 0 Å². The first kappa shape index (κ1) is 8.20. The lowest BCUT2D eigenvalue weighted by atomic mass is 10.2. The van der Waals surface area contributed by atoms with Crippen LogP contribution < -0.4 is 5.32 Å². The standard InChI is InChI=1S/C7H14N4/c1-4-8-6(2)7-5-9-11(3)10-7/h5-6,8H,4H2,1-3H3. The molecule has 1 unspecified atom stereocenters. The summed E-state index contributed by atoms with van der Waals surface area (Å²) < 4.78 is 0. The summed E-state index contributed by atoms with van der Waals surface area (Å²) in [6.07, 6.45) is 1.79. The number of nitrogens with one attached hydrogen (secondary N) is 1. The molecule has 4 heteroatoms. The molecular weight excluding hydrogens is 140 g/mol. The molecule has 0 aliphatic carbocycles. The van der Waals surface area contributed by atoms with Gasteiger partial charge in [0.25, 0.3) is 0 Å². The number of aryl methyl sites for hydroxylation is 1. The van der Waals surface area contributed by atoms with E-state index in [1.54, 1.807) is 11.0 Å². The molecule has 0 fully saturated rings. The topological polar surface area (TPSA) is 42.7 Å². The lowest BCUT2D eigenvalue weighted by molar-refractivity contribution is 0.563. The van der Waals surface area contributed by atoms with E-state index in [0.29, 0.717) is 6.04 Å². The molecule has 0 aliphatic heterocycles. The van der Waals surface area contributed by atoms with Crippen LogP contribution >= 0.6 is 0 Å². The fraction of sp³-hybridized carbons (Fsp3) is 0.714. The second-order valence-corrected chi connectivity index (χ2v) is 2.54. The van der Waals surface area contributed by atoms with E-state index in [-0.39, 0.29) is 0 Å². The molecule has 0 aromatic carbocycles. The van der Waals surface area contributed by atoms with Crippen molar-refractivity contribution in [1.82, 2.24) is 20.3 Å². The number of aromatic nitrogens is 3. The maximum Gasteiger partial charge on any atom is 0.0993 e. The summed E-state index contributed by atoms with van der Waals surface area (Å²) in [5.74, 6) is 0. The Kier molecular flexibility index (Phi) is 2.59. The monoisotopic (exact) mass is 154 g/mol. The van der Waals surface area contributed by atoms with Gasteiger partial charge < -0.3 is 5.32 Å². The van der Waals surface area contributed by atoms with Crippen molar-refractivity contribution in [3.8, 4) is 0 Å². The Balaban J connectivity index is 2.60. The summed E-state index contributed by atoms with van der Waals surface area (Å²) in [7, 11) is 1.82. The Morgan fingerprint density at radius 3 is 2.91 bits per heavy atom. The first-order chi connectivity index (χ1) is 5.24. The molecule has 1 rings (SSSR count). The minimum atomic E-state index is 0.300. The van der Waals surface area contributed by atoms with E-state index in [9.17, 15) is 0 Å². The van der Waals surface area contributed by atoms with Crippen molar-refractivity contribution in [2.24, 2.45) is 7.05 Å². The second kappa shape index (κ2) is 3.48. The van der Waals surface area contributed by atoms with Gasteiger partial charge in [0.2, 0.25) is 0 Å². The molecule has 4 nitrogen and oxygen atoms in total. The average molecular weight is 154 g/mol. The molecule has 0 saturated heterocycles. The molecule has 1 N–H and O–H groups in total. The zero-order chi connectivity index (χ0) is 8.27. The van der Waals surface area contributed by atoms with Gasteiger partial charge >= 0.3 is 0 Å². The first-order valence-electron chi connectivity index (χ1n) is 3.83. The summed E-state index contributed by atoms with van der Waals surface area (Å²) >= 11 is 0. The van der Waals surface area contributed by atoms with Crippen LogP contribution in [-0.2, 0) is 7.05 Å². The first-order valence-corrected chi connectivity index (χ1v) is 3.83. The Morgan fingerprint density at radius 1 is 1.73 bits per heavy atom. The van der Waals surface area contributed by atoms with E-state index in [1.807, 2.05) is 7.05 Å². The molecule has 1 aromatic rings. The van der Waals surface area contributed by atoms with Crippen LogP contribution in [0.3, 0.4) is 0 Å². The van der Waals surface area contributed by atoms with Gasteiger partial charge in [-0.05, 0) is 13.5 Å². The van der Waals surface area contributed by atoms with Gasteiger partial charge in [-0.2, -0.15) is 15.0 Å². The highest BCUT2D eigenvalue weighted by Crippen LogP contribution is 2.05. The van der Waals surface area contributed by atoms with Gasteiger partial charge in [-0.15, -0.1) is 0 Å². The fourth-order valence-corrected chi connectivity index (χ4v) is 0.971. The minimum absolute atomic E-state index is 0.300. The van der Waals surface area contributed by atoms with Crippen LogP contribution in [0.15, 0.2) is 6.20 Å².